The van der Waals surface area contributed by atoms with Crippen LogP contribution in [0.1, 0.15) is 33.2 Å². The summed E-state index contributed by atoms with van der Waals surface area (Å²) in [7, 11) is 0. The van der Waals surface area contributed by atoms with E-state index in [1.165, 1.54) is 12.1 Å². The van der Waals surface area contributed by atoms with Gasteiger partial charge >= 0.3 is 6.16 Å². The number of hydrogen-bond acceptors (Lipinski definition) is 5. The van der Waals surface area contributed by atoms with E-state index in [4.69, 9.17) is 21.1 Å². The summed E-state index contributed by atoms with van der Waals surface area (Å²) in [4.78, 5) is 35.9. The van der Waals surface area contributed by atoms with Crippen LogP contribution in [0.3, 0.4) is 0 Å². The van der Waals surface area contributed by atoms with Gasteiger partial charge < -0.3 is 20.1 Å². The van der Waals surface area contributed by atoms with E-state index in [9.17, 15) is 14.4 Å². The molecule has 32 heavy (non-hydrogen) atoms. The van der Waals surface area contributed by atoms with Crippen LogP contribution in [0.15, 0.2) is 72.8 Å². The van der Waals surface area contributed by atoms with Gasteiger partial charge in [0, 0.05) is 28.4 Å². The van der Waals surface area contributed by atoms with Crippen molar-refractivity contribution in [1.82, 2.24) is 5.32 Å². The Kier molecular flexibility index (Phi) is 7.83. The number of anilines is 1. The molecular formula is C24H21ClN2O5. The summed E-state index contributed by atoms with van der Waals surface area (Å²) in [6.07, 6.45) is -0.797. The quantitative estimate of drug-likeness (QED) is 0.386. The number of carbonyl (C=O) groups is 3. The summed E-state index contributed by atoms with van der Waals surface area (Å²) in [6.45, 7) is 2.24. The Bertz CT molecular complexity index is 1080. The van der Waals surface area contributed by atoms with E-state index in [0.717, 1.165) is 5.56 Å². The Morgan fingerprint density at radius 1 is 0.812 bits per heavy atom. The third-order valence-electron chi connectivity index (χ3n) is 4.35. The zero-order valence-electron chi connectivity index (χ0n) is 17.3. The van der Waals surface area contributed by atoms with Crippen molar-refractivity contribution in [2.24, 2.45) is 0 Å². The smallest absolute Gasteiger partial charge is 0.434 e. The largest absolute Gasteiger partial charge is 0.513 e. The molecule has 0 aliphatic rings. The van der Waals surface area contributed by atoms with Crippen molar-refractivity contribution in [2.45, 2.75) is 13.5 Å². The third-order valence-corrected chi connectivity index (χ3v) is 4.60. The molecule has 0 radical (unpaired) electrons. The fourth-order valence-corrected chi connectivity index (χ4v) is 2.84. The number of benzene rings is 3. The van der Waals surface area contributed by atoms with Crippen LogP contribution < -0.4 is 15.4 Å². The van der Waals surface area contributed by atoms with Gasteiger partial charge in [0.05, 0.1) is 6.61 Å². The first-order valence-corrected chi connectivity index (χ1v) is 10.2. The summed E-state index contributed by atoms with van der Waals surface area (Å²) in [5.74, 6) is -0.226. The second-order valence-electron chi connectivity index (χ2n) is 6.65. The molecule has 0 aliphatic heterocycles. The summed E-state index contributed by atoms with van der Waals surface area (Å²) in [5, 5.41) is 6.19. The maximum absolute atomic E-state index is 12.4. The summed E-state index contributed by atoms with van der Waals surface area (Å²) < 4.78 is 9.67. The summed E-state index contributed by atoms with van der Waals surface area (Å²) in [6, 6.07) is 19.9. The summed E-state index contributed by atoms with van der Waals surface area (Å²) in [5.41, 5.74) is 2.41. The predicted octanol–water partition coefficient (Wildman–Crippen LogP) is 5.06. The van der Waals surface area contributed by atoms with Crippen LogP contribution in [0.4, 0.5) is 10.5 Å². The minimum Gasteiger partial charge on any atom is -0.434 e. The average molecular weight is 453 g/mol. The number of nitrogens with one attached hydrogen (secondary N) is 2. The topological polar surface area (TPSA) is 93.7 Å². The number of carbonyl (C=O) groups excluding carboxylic acids is 3. The molecule has 3 aromatic carbocycles. The Morgan fingerprint density at radius 3 is 2.03 bits per heavy atom. The Labute approximate surface area is 190 Å². The number of halogens is 1. The van der Waals surface area contributed by atoms with Crippen LogP contribution in [0, 0.1) is 0 Å². The van der Waals surface area contributed by atoms with E-state index in [2.05, 4.69) is 10.6 Å². The van der Waals surface area contributed by atoms with E-state index in [1.54, 1.807) is 55.5 Å². The first-order valence-electron chi connectivity index (χ1n) is 9.83. The van der Waals surface area contributed by atoms with E-state index < -0.39 is 6.16 Å². The van der Waals surface area contributed by atoms with Gasteiger partial charge in [-0.3, -0.25) is 9.59 Å². The lowest BCUT2D eigenvalue weighted by atomic mass is 10.1. The standard InChI is InChI=1S/C24H21ClN2O5/c1-2-31-24(30)32-21-13-7-18(8-14-21)23(29)27-20-11-3-16(4-12-20)15-26-22(28)17-5-9-19(25)10-6-17/h3-14H,2,15H2,1H3,(H,26,28)(H,27,29). The molecule has 0 atom stereocenters. The Hall–Kier alpha value is -3.84. The highest BCUT2D eigenvalue weighted by atomic mass is 35.5. The average Bonchev–Trinajstić information content (AvgIpc) is 2.79. The van der Waals surface area contributed by atoms with Gasteiger partial charge in [-0.25, -0.2) is 4.79 Å². The zero-order chi connectivity index (χ0) is 22.9. The molecule has 7 nitrogen and oxygen atoms in total. The molecule has 3 rings (SSSR count). The fourth-order valence-electron chi connectivity index (χ4n) is 2.71. The lowest BCUT2D eigenvalue weighted by Gasteiger charge is -2.09. The zero-order valence-corrected chi connectivity index (χ0v) is 18.0. The molecule has 0 saturated carbocycles. The van der Waals surface area contributed by atoms with Crippen molar-refractivity contribution in [2.75, 3.05) is 11.9 Å². The van der Waals surface area contributed by atoms with Gasteiger partial charge in [-0.05, 0) is 73.2 Å². The Morgan fingerprint density at radius 2 is 1.41 bits per heavy atom. The van der Waals surface area contributed by atoms with E-state index >= 15 is 0 Å². The van der Waals surface area contributed by atoms with Crippen LogP contribution in [-0.2, 0) is 11.3 Å². The van der Waals surface area contributed by atoms with Crippen molar-refractivity contribution in [3.8, 4) is 5.75 Å². The molecule has 0 aromatic heterocycles. The SMILES string of the molecule is CCOC(=O)Oc1ccc(C(=O)Nc2ccc(CNC(=O)c3ccc(Cl)cc3)cc2)cc1. The third kappa shape index (κ3) is 6.58. The molecule has 2 amide bonds. The van der Waals surface area contributed by atoms with Crippen LogP contribution in [0.2, 0.25) is 5.02 Å². The van der Waals surface area contributed by atoms with Crippen molar-refractivity contribution >= 4 is 35.3 Å². The number of hydrogen-bond donors (Lipinski definition) is 2. The van der Waals surface area contributed by atoms with Gasteiger partial charge in [0.2, 0.25) is 0 Å². The minimum absolute atomic E-state index is 0.200. The lowest BCUT2D eigenvalue weighted by Crippen LogP contribution is -2.22. The lowest BCUT2D eigenvalue weighted by molar-refractivity contribution is 0.0949. The molecule has 0 unspecified atom stereocenters. The second-order valence-corrected chi connectivity index (χ2v) is 7.09. The fraction of sp³-hybridized carbons (Fsp3) is 0.125. The minimum atomic E-state index is -0.797. The Balaban J connectivity index is 1.51. The highest BCUT2D eigenvalue weighted by Gasteiger charge is 2.09. The maximum atomic E-state index is 12.4. The number of rotatable bonds is 7. The van der Waals surface area contributed by atoms with Gasteiger partial charge in [-0.1, -0.05) is 23.7 Å². The van der Waals surface area contributed by atoms with Gasteiger partial charge in [-0.2, -0.15) is 0 Å². The highest BCUT2D eigenvalue weighted by Crippen LogP contribution is 2.16. The predicted molar refractivity (Wildman–Crippen MR) is 121 cm³/mol. The monoisotopic (exact) mass is 452 g/mol. The highest BCUT2D eigenvalue weighted by molar-refractivity contribution is 6.30. The molecule has 0 fully saturated rings. The normalized spacial score (nSPS) is 10.2. The van der Waals surface area contributed by atoms with Crippen LogP contribution in [0.5, 0.6) is 5.75 Å². The molecule has 0 spiro atoms. The molecule has 0 saturated heterocycles. The first kappa shape index (κ1) is 22.8. The van der Waals surface area contributed by atoms with Crippen LogP contribution in [-0.4, -0.2) is 24.6 Å². The van der Waals surface area contributed by atoms with Gasteiger partial charge in [0.15, 0.2) is 0 Å². The molecule has 0 aliphatic carbocycles. The molecule has 8 heteroatoms. The van der Waals surface area contributed by atoms with Crippen molar-refractivity contribution in [1.29, 1.82) is 0 Å². The van der Waals surface area contributed by atoms with Crippen LogP contribution in [0.25, 0.3) is 0 Å². The number of ether oxygens (including phenoxy) is 2. The molecule has 2 N–H and O–H groups in total. The molecule has 3 aromatic rings. The van der Waals surface area contributed by atoms with Gasteiger partial charge in [0.1, 0.15) is 5.75 Å². The van der Waals surface area contributed by atoms with Crippen molar-refractivity contribution < 1.29 is 23.9 Å². The van der Waals surface area contributed by atoms with E-state index in [1.807, 2.05) is 12.1 Å². The van der Waals surface area contributed by atoms with Gasteiger partial charge in [-0.15, -0.1) is 0 Å². The molecule has 0 heterocycles. The summed E-state index contributed by atoms with van der Waals surface area (Å²) >= 11 is 5.83. The van der Waals surface area contributed by atoms with Crippen molar-refractivity contribution in [3.05, 3.63) is 94.5 Å². The van der Waals surface area contributed by atoms with Crippen LogP contribution >= 0.6 is 11.6 Å². The van der Waals surface area contributed by atoms with E-state index in [-0.39, 0.29) is 24.2 Å². The van der Waals surface area contributed by atoms with Gasteiger partial charge in [0.25, 0.3) is 11.8 Å². The second kappa shape index (κ2) is 11.0. The molecule has 0 bridgehead atoms. The van der Waals surface area contributed by atoms with Crippen molar-refractivity contribution in [3.63, 3.8) is 0 Å². The first-order chi connectivity index (χ1) is 15.4. The van der Waals surface area contributed by atoms with E-state index in [0.29, 0.717) is 28.4 Å². The molecular weight excluding hydrogens is 432 g/mol. The number of amides is 2. The molecule has 164 valence electrons. The maximum Gasteiger partial charge on any atom is 0.513 e.